The summed E-state index contributed by atoms with van der Waals surface area (Å²) in [5.41, 5.74) is 0. The van der Waals surface area contributed by atoms with Crippen LogP contribution in [0.5, 0.6) is 0 Å². The molecule has 0 amide bonds. The quantitative estimate of drug-likeness (QED) is 0.738. The van der Waals surface area contributed by atoms with Gasteiger partial charge >= 0.3 is 11.9 Å². The molecule has 20 heavy (non-hydrogen) atoms. The minimum Gasteiger partial charge on any atom is -0.481 e. The summed E-state index contributed by atoms with van der Waals surface area (Å²) in [6.45, 7) is 0. The molecule has 8 heteroatoms. The van der Waals surface area contributed by atoms with Crippen LogP contribution in [0.15, 0.2) is 21.2 Å². The first-order chi connectivity index (χ1) is 9.18. The molecular formula is C12H10Cl4O4. The highest BCUT2D eigenvalue weighted by molar-refractivity contribution is 6.51. The summed E-state index contributed by atoms with van der Waals surface area (Å²) in [7, 11) is 0. The molecule has 4 unspecified atom stereocenters. The minimum atomic E-state index is -1.22. The Morgan fingerprint density at radius 2 is 1.70 bits per heavy atom. The molecule has 2 aliphatic rings. The van der Waals surface area contributed by atoms with Crippen LogP contribution < -0.4 is 0 Å². The fourth-order valence-corrected chi connectivity index (χ4v) is 4.07. The lowest BCUT2D eigenvalue weighted by Crippen LogP contribution is -2.48. The fraction of sp³-hybridized carbons (Fsp3) is 0.500. The summed E-state index contributed by atoms with van der Waals surface area (Å²) in [4.78, 5) is 21.3. The highest BCUT2D eigenvalue weighted by atomic mass is 35.5. The van der Waals surface area contributed by atoms with Crippen LogP contribution in [-0.2, 0) is 9.59 Å². The van der Waals surface area contributed by atoms with Crippen molar-refractivity contribution in [1.29, 1.82) is 0 Å². The largest absolute Gasteiger partial charge is 0.481 e. The molecule has 110 valence electrons. The predicted molar refractivity (Wildman–Crippen MR) is 76.2 cm³/mol. The standard InChI is InChI=1S/C12H10Cl4O4/c13-7-2-4-1-5(10(17)18)6(11(19)20)3-12(4,16)9(15)8(7)14/h2,4-6H,1,3H2,(H,17,18)(H,19,20). The van der Waals surface area contributed by atoms with Crippen LogP contribution in [0.1, 0.15) is 12.8 Å². The van der Waals surface area contributed by atoms with E-state index in [4.69, 9.17) is 46.4 Å². The summed E-state index contributed by atoms with van der Waals surface area (Å²) in [6, 6.07) is 0. The molecule has 0 spiro atoms. The zero-order valence-electron chi connectivity index (χ0n) is 9.95. The van der Waals surface area contributed by atoms with Gasteiger partial charge in [0.2, 0.25) is 0 Å². The van der Waals surface area contributed by atoms with Gasteiger partial charge in [-0.05, 0) is 12.8 Å². The zero-order valence-corrected chi connectivity index (χ0v) is 13.0. The molecule has 0 radical (unpaired) electrons. The second kappa shape index (κ2) is 5.41. The Bertz CT molecular complexity index is 542. The Kier molecular flexibility index (Phi) is 4.32. The maximum atomic E-state index is 11.3. The van der Waals surface area contributed by atoms with Crippen LogP contribution in [0, 0.1) is 17.8 Å². The van der Waals surface area contributed by atoms with Crippen molar-refractivity contribution in [3.05, 3.63) is 21.2 Å². The number of hydrogen-bond acceptors (Lipinski definition) is 2. The van der Waals surface area contributed by atoms with E-state index in [9.17, 15) is 19.8 Å². The average molecular weight is 360 g/mol. The smallest absolute Gasteiger partial charge is 0.307 e. The summed E-state index contributed by atoms with van der Waals surface area (Å²) in [5, 5.41) is 18.8. The van der Waals surface area contributed by atoms with E-state index < -0.39 is 34.6 Å². The van der Waals surface area contributed by atoms with Gasteiger partial charge in [-0.3, -0.25) is 9.59 Å². The van der Waals surface area contributed by atoms with E-state index in [1.807, 2.05) is 0 Å². The molecule has 0 aromatic heterocycles. The Labute approximate surface area is 134 Å². The van der Waals surface area contributed by atoms with E-state index in [1.165, 1.54) is 0 Å². The first-order valence-corrected chi connectivity index (χ1v) is 7.27. The fourth-order valence-electron chi connectivity index (χ4n) is 2.76. The van der Waals surface area contributed by atoms with Gasteiger partial charge < -0.3 is 10.2 Å². The van der Waals surface area contributed by atoms with Crippen LogP contribution in [0.25, 0.3) is 0 Å². The van der Waals surface area contributed by atoms with E-state index in [1.54, 1.807) is 6.08 Å². The molecule has 0 saturated heterocycles. The SMILES string of the molecule is O=C(O)C1CC2C=C(Cl)C(Cl)=C(Cl)C2(Cl)CC1C(=O)O. The number of halogens is 4. The zero-order chi connectivity index (χ0) is 15.2. The number of allylic oxidation sites excluding steroid dienone is 4. The van der Waals surface area contributed by atoms with E-state index in [0.717, 1.165) is 0 Å². The van der Waals surface area contributed by atoms with E-state index in [-0.39, 0.29) is 27.9 Å². The third-order valence-electron chi connectivity index (χ3n) is 3.85. The Morgan fingerprint density at radius 1 is 1.15 bits per heavy atom. The van der Waals surface area contributed by atoms with Gasteiger partial charge in [0, 0.05) is 5.92 Å². The number of rotatable bonds is 2. The van der Waals surface area contributed by atoms with Crippen molar-refractivity contribution in [3.8, 4) is 0 Å². The predicted octanol–water partition coefficient (Wildman–Crippen LogP) is 3.60. The lowest BCUT2D eigenvalue weighted by Gasteiger charge is -2.44. The van der Waals surface area contributed by atoms with Crippen molar-refractivity contribution in [2.45, 2.75) is 17.7 Å². The molecule has 4 atom stereocenters. The normalized spacial score (nSPS) is 37.2. The maximum absolute atomic E-state index is 11.3. The molecular weight excluding hydrogens is 350 g/mol. The molecule has 1 fully saturated rings. The highest BCUT2D eigenvalue weighted by Gasteiger charge is 2.54. The van der Waals surface area contributed by atoms with Crippen molar-refractivity contribution in [1.82, 2.24) is 0 Å². The number of fused-ring (bicyclic) bond motifs is 1. The van der Waals surface area contributed by atoms with Crippen molar-refractivity contribution in [2.24, 2.45) is 17.8 Å². The van der Waals surface area contributed by atoms with Crippen molar-refractivity contribution in [3.63, 3.8) is 0 Å². The first-order valence-electron chi connectivity index (χ1n) is 5.76. The molecule has 0 aliphatic heterocycles. The second-order valence-corrected chi connectivity index (χ2v) is 6.78. The molecule has 1 saturated carbocycles. The van der Waals surface area contributed by atoms with Gasteiger partial charge in [0.25, 0.3) is 0 Å². The van der Waals surface area contributed by atoms with E-state index >= 15 is 0 Å². The summed E-state index contributed by atoms with van der Waals surface area (Å²) in [5.74, 6) is -5.01. The second-order valence-electron chi connectivity index (χ2n) is 4.94. The topological polar surface area (TPSA) is 74.6 Å². The molecule has 0 aromatic rings. The summed E-state index contributed by atoms with van der Waals surface area (Å²) in [6.07, 6.45) is 1.49. The molecule has 0 heterocycles. The number of carboxylic acid groups (broad SMARTS) is 2. The molecule has 2 N–H and O–H groups in total. The minimum absolute atomic E-state index is 0.0480. The van der Waals surface area contributed by atoms with Gasteiger partial charge in [-0.15, -0.1) is 11.6 Å². The van der Waals surface area contributed by atoms with Crippen molar-refractivity contribution in [2.75, 3.05) is 0 Å². The van der Waals surface area contributed by atoms with Gasteiger partial charge in [-0.25, -0.2) is 0 Å². The van der Waals surface area contributed by atoms with Crippen LogP contribution >= 0.6 is 46.4 Å². The van der Waals surface area contributed by atoms with Crippen LogP contribution in [0.3, 0.4) is 0 Å². The monoisotopic (exact) mass is 358 g/mol. The number of aliphatic carboxylic acids is 2. The van der Waals surface area contributed by atoms with Gasteiger partial charge in [0.05, 0.1) is 31.8 Å². The Morgan fingerprint density at radius 3 is 2.20 bits per heavy atom. The maximum Gasteiger partial charge on any atom is 0.307 e. The van der Waals surface area contributed by atoms with Gasteiger partial charge in [-0.2, -0.15) is 0 Å². The first kappa shape index (κ1) is 16.0. The average Bonchev–Trinajstić information content (AvgIpc) is 2.36. The third kappa shape index (κ3) is 2.43. The lowest BCUT2D eigenvalue weighted by molar-refractivity contribution is -0.156. The van der Waals surface area contributed by atoms with Crippen molar-refractivity contribution < 1.29 is 19.8 Å². The number of alkyl halides is 1. The van der Waals surface area contributed by atoms with E-state index in [0.29, 0.717) is 0 Å². The van der Waals surface area contributed by atoms with Crippen LogP contribution in [0.4, 0.5) is 0 Å². The third-order valence-corrected chi connectivity index (χ3v) is 5.99. The molecule has 2 rings (SSSR count). The Hall–Kier alpha value is -0.420. The van der Waals surface area contributed by atoms with Crippen LogP contribution in [-0.4, -0.2) is 27.0 Å². The Balaban J connectivity index is 2.45. The highest BCUT2D eigenvalue weighted by Crippen LogP contribution is 2.55. The molecule has 2 aliphatic carbocycles. The van der Waals surface area contributed by atoms with Crippen molar-refractivity contribution >= 4 is 58.3 Å². The van der Waals surface area contributed by atoms with Gasteiger partial charge in [-0.1, -0.05) is 40.9 Å². The van der Waals surface area contributed by atoms with E-state index in [2.05, 4.69) is 0 Å². The van der Waals surface area contributed by atoms with Gasteiger partial charge in [0.15, 0.2) is 0 Å². The number of carboxylic acids is 2. The molecule has 0 bridgehead atoms. The molecule has 0 aromatic carbocycles. The van der Waals surface area contributed by atoms with Gasteiger partial charge in [0.1, 0.15) is 0 Å². The summed E-state index contributed by atoms with van der Waals surface area (Å²) < 4.78 is 0. The lowest BCUT2D eigenvalue weighted by atomic mass is 9.66. The van der Waals surface area contributed by atoms with Crippen LogP contribution in [0.2, 0.25) is 0 Å². The summed E-state index contributed by atoms with van der Waals surface area (Å²) >= 11 is 24.5. The number of hydrogen-bond donors (Lipinski definition) is 2. The molecule has 4 nitrogen and oxygen atoms in total. The number of carbonyl (C=O) groups is 2.